The molecule has 0 bridgehead atoms. The summed E-state index contributed by atoms with van der Waals surface area (Å²) in [6, 6.07) is 70.7. The highest BCUT2D eigenvalue weighted by Gasteiger charge is 2.54. The van der Waals surface area contributed by atoms with Gasteiger partial charge in [-0.2, -0.15) is 0 Å². The number of pyridine rings is 1. The Kier molecular flexibility index (Phi) is 6.20. The van der Waals surface area contributed by atoms with Crippen molar-refractivity contribution in [3.63, 3.8) is 0 Å². The van der Waals surface area contributed by atoms with E-state index in [4.69, 9.17) is 4.98 Å². The summed E-state index contributed by atoms with van der Waals surface area (Å²) >= 11 is 0. The van der Waals surface area contributed by atoms with Crippen LogP contribution in [0.15, 0.2) is 194 Å². The zero-order valence-electron chi connectivity index (χ0n) is 28.4. The van der Waals surface area contributed by atoms with Gasteiger partial charge >= 0.3 is 0 Å². The Morgan fingerprint density at radius 2 is 0.885 bits per heavy atom. The van der Waals surface area contributed by atoms with E-state index in [0.29, 0.717) is 0 Å². The van der Waals surface area contributed by atoms with Crippen LogP contribution in [0.1, 0.15) is 22.3 Å². The third kappa shape index (κ3) is 3.98. The van der Waals surface area contributed by atoms with Crippen molar-refractivity contribution in [1.82, 2.24) is 9.55 Å². The van der Waals surface area contributed by atoms with Crippen LogP contribution in [0.25, 0.3) is 72.6 Å². The second-order valence-corrected chi connectivity index (χ2v) is 13.9. The molecule has 1 spiro atoms. The van der Waals surface area contributed by atoms with Crippen molar-refractivity contribution >= 4 is 10.9 Å². The molecule has 11 rings (SSSR count). The van der Waals surface area contributed by atoms with Gasteiger partial charge in [-0.15, -0.1) is 0 Å². The molecule has 2 heteroatoms. The van der Waals surface area contributed by atoms with Crippen LogP contribution in [0.4, 0.5) is 0 Å². The van der Waals surface area contributed by atoms with Crippen molar-refractivity contribution in [1.29, 1.82) is 0 Å². The molecule has 2 aromatic heterocycles. The van der Waals surface area contributed by atoms with E-state index in [0.717, 1.165) is 28.2 Å². The van der Waals surface area contributed by atoms with Crippen molar-refractivity contribution in [3.05, 3.63) is 216 Å². The molecule has 2 nitrogen and oxygen atoms in total. The first-order valence-corrected chi connectivity index (χ1v) is 18.0. The zero-order chi connectivity index (χ0) is 34.2. The molecule has 0 atom stereocenters. The van der Waals surface area contributed by atoms with Crippen LogP contribution >= 0.6 is 0 Å². The lowest BCUT2D eigenvalue weighted by molar-refractivity contribution is 0.801. The Labute approximate surface area is 303 Å². The molecule has 2 aliphatic carbocycles. The fourth-order valence-electron chi connectivity index (χ4n) is 9.10. The lowest BCUT2D eigenvalue weighted by Crippen LogP contribution is -2.25. The van der Waals surface area contributed by atoms with Gasteiger partial charge in [0.2, 0.25) is 0 Å². The van der Waals surface area contributed by atoms with E-state index in [1.165, 1.54) is 66.7 Å². The second-order valence-electron chi connectivity index (χ2n) is 13.9. The van der Waals surface area contributed by atoms with Crippen molar-refractivity contribution in [2.75, 3.05) is 0 Å². The number of rotatable bonds is 4. The Bertz CT molecular complexity index is 2730. The third-order valence-electron chi connectivity index (χ3n) is 11.2. The number of hydrogen-bond acceptors (Lipinski definition) is 1. The minimum Gasteiger partial charge on any atom is -0.293 e. The molecular weight excluding hydrogens is 629 g/mol. The second kappa shape index (κ2) is 11.1. The molecule has 0 amide bonds. The van der Waals surface area contributed by atoms with Crippen molar-refractivity contribution in [2.45, 2.75) is 5.41 Å². The largest absolute Gasteiger partial charge is 0.293 e. The van der Waals surface area contributed by atoms with Crippen molar-refractivity contribution in [3.8, 4) is 61.7 Å². The van der Waals surface area contributed by atoms with Crippen LogP contribution in [0, 0.1) is 0 Å². The van der Waals surface area contributed by atoms with Gasteiger partial charge < -0.3 is 0 Å². The fourth-order valence-corrected chi connectivity index (χ4v) is 9.10. The van der Waals surface area contributed by atoms with Gasteiger partial charge in [0.1, 0.15) is 5.82 Å². The molecule has 52 heavy (non-hydrogen) atoms. The maximum atomic E-state index is 5.52. The van der Waals surface area contributed by atoms with E-state index >= 15 is 0 Å². The highest BCUT2D eigenvalue weighted by Crippen LogP contribution is 2.65. The van der Waals surface area contributed by atoms with Gasteiger partial charge in [0.15, 0.2) is 0 Å². The first kappa shape index (κ1) is 29.0. The van der Waals surface area contributed by atoms with E-state index in [9.17, 15) is 0 Å². The number of nitrogens with zero attached hydrogens (tertiary/aromatic N) is 2. The molecule has 0 unspecified atom stereocenters. The summed E-state index contributed by atoms with van der Waals surface area (Å²) in [4.78, 5) is 5.52. The summed E-state index contributed by atoms with van der Waals surface area (Å²) in [5.74, 6) is 0.908. The summed E-state index contributed by atoms with van der Waals surface area (Å²) in [7, 11) is 0. The van der Waals surface area contributed by atoms with E-state index in [-0.39, 0.29) is 0 Å². The molecule has 0 fully saturated rings. The minimum absolute atomic E-state index is 0.489. The molecule has 0 aliphatic heterocycles. The Morgan fingerprint density at radius 1 is 0.385 bits per heavy atom. The first-order chi connectivity index (χ1) is 25.8. The SMILES string of the molecule is c1ccc(-c2cc(-c3ccccc3)nc(-n3c4c(c5cc(-c6ccccc6)ccc53)C3(c5ccccc5-c5ccccc53)c3ccccc3-4)c2)cc1. The molecule has 2 aliphatic rings. The first-order valence-electron chi connectivity index (χ1n) is 18.0. The van der Waals surface area contributed by atoms with E-state index < -0.39 is 5.41 Å². The van der Waals surface area contributed by atoms with Crippen LogP contribution < -0.4 is 0 Å². The van der Waals surface area contributed by atoms with Gasteiger partial charge in [0, 0.05) is 22.1 Å². The van der Waals surface area contributed by atoms with E-state index in [1.807, 2.05) is 0 Å². The zero-order valence-corrected chi connectivity index (χ0v) is 28.4. The Morgan fingerprint density at radius 3 is 1.50 bits per heavy atom. The monoisotopic (exact) mass is 660 g/mol. The van der Waals surface area contributed by atoms with Crippen LogP contribution in [0.3, 0.4) is 0 Å². The normalized spacial score (nSPS) is 13.2. The van der Waals surface area contributed by atoms with Crippen molar-refractivity contribution < 1.29 is 0 Å². The number of fused-ring (bicyclic) bond motifs is 12. The number of benzene rings is 7. The molecule has 242 valence electrons. The van der Waals surface area contributed by atoms with Crippen molar-refractivity contribution in [2.24, 2.45) is 0 Å². The molecule has 2 heterocycles. The van der Waals surface area contributed by atoms with Gasteiger partial charge in [-0.1, -0.05) is 170 Å². The molecule has 7 aromatic carbocycles. The van der Waals surface area contributed by atoms with Gasteiger partial charge in [0.05, 0.1) is 22.3 Å². The molecule has 9 aromatic rings. The Hall–Kier alpha value is -6.77. The van der Waals surface area contributed by atoms with Gasteiger partial charge in [-0.05, 0) is 74.3 Å². The molecule has 0 saturated carbocycles. The quantitative estimate of drug-likeness (QED) is 0.184. The summed E-state index contributed by atoms with van der Waals surface area (Å²) < 4.78 is 2.45. The molecule has 0 radical (unpaired) electrons. The van der Waals surface area contributed by atoms with Crippen LogP contribution in [-0.4, -0.2) is 9.55 Å². The summed E-state index contributed by atoms with van der Waals surface area (Å²) in [5, 5.41) is 1.24. The lowest BCUT2D eigenvalue weighted by Gasteiger charge is -2.30. The average Bonchev–Trinajstić information content (AvgIpc) is 3.83. The maximum Gasteiger partial charge on any atom is 0.138 e. The van der Waals surface area contributed by atoms with Gasteiger partial charge in [-0.3, -0.25) is 4.57 Å². The topological polar surface area (TPSA) is 17.8 Å². The standard InChI is InChI=1S/C50H32N2/c1-4-16-33(17-5-1)36-28-29-46-41(30-36)48-49(52(46)47-32-37(34-18-6-2-7-19-34)31-45(51-47)35-20-8-3-9-21-35)40-24-12-15-27-44(40)50(48)42-25-13-10-22-38(42)39-23-11-14-26-43(39)50/h1-32H. The van der Waals surface area contributed by atoms with E-state index in [1.54, 1.807) is 0 Å². The number of aromatic nitrogens is 2. The molecular formula is C50H32N2. The molecule has 0 saturated heterocycles. The number of hydrogen-bond donors (Lipinski definition) is 0. The minimum atomic E-state index is -0.489. The predicted molar refractivity (Wildman–Crippen MR) is 214 cm³/mol. The van der Waals surface area contributed by atoms with Crippen LogP contribution in [0.2, 0.25) is 0 Å². The molecule has 0 N–H and O–H groups in total. The van der Waals surface area contributed by atoms with Gasteiger partial charge in [-0.25, -0.2) is 4.98 Å². The van der Waals surface area contributed by atoms with Crippen LogP contribution in [0.5, 0.6) is 0 Å². The smallest absolute Gasteiger partial charge is 0.138 e. The van der Waals surface area contributed by atoms with E-state index in [2.05, 4.69) is 199 Å². The summed E-state index contributed by atoms with van der Waals surface area (Å²) in [6.45, 7) is 0. The predicted octanol–water partition coefficient (Wildman–Crippen LogP) is 12.4. The third-order valence-corrected chi connectivity index (χ3v) is 11.2. The maximum absolute atomic E-state index is 5.52. The highest BCUT2D eigenvalue weighted by molar-refractivity contribution is 6.06. The summed E-state index contributed by atoms with van der Waals surface area (Å²) in [6.07, 6.45) is 0. The van der Waals surface area contributed by atoms with Crippen LogP contribution in [-0.2, 0) is 5.41 Å². The Balaban J connectivity index is 1.31. The van der Waals surface area contributed by atoms with Gasteiger partial charge in [0.25, 0.3) is 0 Å². The summed E-state index contributed by atoms with van der Waals surface area (Å²) in [5.41, 5.74) is 17.8. The lowest BCUT2D eigenvalue weighted by atomic mass is 9.70. The fraction of sp³-hybridized carbons (Fsp3) is 0.0200. The average molecular weight is 661 g/mol. The highest BCUT2D eigenvalue weighted by atomic mass is 15.1.